The van der Waals surface area contributed by atoms with Crippen molar-refractivity contribution in [3.8, 4) is 11.3 Å². The topological polar surface area (TPSA) is 125 Å². The maximum absolute atomic E-state index is 13.7. The van der Waals surface area contributed by atoms with Crippen molar-refractivity contribution in [1.82, 2.24) is 4.98 Å². The lowest BCUT2D eigenvalue weighted by molar-refractivity contribution is -0.000511. The second-order valence-electron chi connectivity index (χ2n) is 11.4. The van der Waals surface area contributed by atoms with Crippen LogP contribution in [0.4, 0.5) is 17.2 Å². The summed E-state index contributed by atoms with van der Waals surface area (Å²) in [5, 5.41) is 12.3. The highest BCUT2D eigenvalue weighted by molar-refractivity contribution is 6.10. The van der Waals surface area contributed by atoms with Crippen molar-refractivity contribution in [2.24, 2.45) is 5.41 Å². The number of carbonyl (C=O) groups is 3. The highest BCUT2D eigenvalue weighted by Crippen LogP contribution is 2.42. The summed E-state index contributed by atoms with van der Waals surface area (Å²) in [6.07, 6.45) is 4.21. The van der Waals surface area contributed by atoms with E-state index in [4.69, 9.17) is 9.15 Å². The number of rotatable bonds is 5. The second-order valence-corrected chi connectivity index (χ2v) is 11.4. The summed E-state index contributed by atoms with van der Waals surface area (Å²) < 4.78 is 11.2. The minimum atomic E-state index is -1.13. The molecule has 0 bridgehead atoms. The van der Waals surface area contributed by atoms with Crippen molar-refractivity contribution >= 4 is 35.0 Å². The van der Waals surface area contributed by atoms with E-state index >= 15 is 0 Å². The Balaban J connectivity index is 1.06. The van der Waals surface area contributed by atoms with Gasteiger partial charge in [0, 0.05) is 66.8 Å². The van der Waals surface area contributed by atoms with Crippen molar-refractivity contribution in [3.63, 3.8) is 0 Å². The van der Waals surface area contributed by atoms with Gasteiger partial charge in [0.05, 0.1) is 11.3 Å². The van der Waals surface area contributed by atoms with E-state index in [0.29, 0.717) is 52.6 Å². The fourth-order valence-corrected chi connectivity index (χ4v) is 6.32. The average molecular weight is 579 g/mol. The second kappa shape index (κ2) is 10.7. The van der Waals surface area contributed by atoms with Crippen LogP contribution in [0.15, 0.2) is 77.3 Å². The number of pyridine rings is 1. The Morgan fingerprint density at radius 1 is 0.953 bits per heavy atom. The lowest BCUT2D eigenvalue weighted by atomic mass is 9.73. The number of hydrogen-bond acceptors (Lipinski definition) is 7. The van der Waals surface area contributed by atoms with E-state index in [1.807, 2.05) is 24.3 Å². The molecule has 0 radical (unpaired) electrons. The summed E-state index contributed by atoms with van der Waals surface area (Å²) in [7, 11) is 0. The molecule has 3 aliphatic heterocycles. The smallest absolute Gasteiger partial charge is 0.371 e. The minimum absolute atomic E-state index is 0.122. The fraction of sp³-hybridized carbons (Fsp3) is 0.273. The number of nitrogens with one attached hydrogen (secondary N) is 1. The van der Waals surface area contributed by atoms with E-state index in [-0.39, 0.29) is 23.0 Å². The maximum Gasteiger partial charge on any atom is 0.371 e. The summed E-state index contributed by atoms with van der Waals surface area (Å²) in [6.45, 7) is 3.65. The summed E-state index contributed by atoms with van der Waals surface area (Å²) in [4.78, 5) is 46.9. The fourth-order valence-electron chi connectivity index (χ4n) is 6.32. The lowest BCUT2D eigenvalue weighted by Gasteiger charge is -2.53. The molecule has 5 heterocycles. The van der Waals surface area contributed by atoms with E-state index in [2.05, 4.69) is 15.2 Å². The normalized spacial score (nSPS) is 16.9. The van der Waals surface area contributed by atoms with Crippen molar-refractivity contribution in [3.05, 3.63) is 95.4 Å². The molecule has 0 atom stereocenters. The Morgan fingerprint density at radius 3 is 2.49 bits per heavy atom. The minimum Gasteiger partial charge on any atom is -0.475 e. The van der Waals surface area contributed by atoms with Gasteiger partial charge >= 0.3 is 5.97 Å². The van der Waals surface area contributed by atoms with Gasteiger partial charge in [0.1, 0.15) is 11.6 Å². The van der Waals surface area contributed by atoms with Crippen LogP contribution < -0.4 is 15.1 Å². The molecule has 218 valence electrons. The molecule has 3 aliphatic rings. The van der Waals surface area contributed by atoms with E-state index in [1.165, 1.54) is 6.07 Å². The molecular formula is C33H30N4O6. The number of anilines is 3. The number of nitrogens with zero attached hydrogens (tertiary/aromatic N) is 3. The van der Waals surface area contributed by atoms with Crippen molar-refractivity contribution < 1.29 is 28.6 Å². The number of carboxylic acid groups (broad SMARTS) is 1. The van der Waals surface area contributed by atoms with Gasteiger partial charge in [0.25, 0.3) is 11.8 Å². The first-order chi connectivity index (χ1) is 20.9. The van der Waals surface area contributed by atoms with Gasteiger partial charge in [0.15, 0.2) is 0 Å². The Kier molecular flexibility index (Phi) is 6.70. The summed E-state index contributed by atoms with van der Waals surface area (Å²) >= 11 is 0. The molecule has 2 fully saturated rings. The Labute approximate surface area is 247 Å². The molecule has 43 heavy (non-hydrogen) atoms. The third-order valence-electron chi connectivity index (χ3n) is 8.64. The molecule has 4 aromatic rings. The third-order valence-corrected chi connectivity index (χ3v) is 8.64. The number of amides is 2. The zero-order valence-electron chi connectivity index (χ0n) is 23.4. The van der Waals surface area contributed by atoms with Crippen LogP contribution in [0, 0.1) is 5.41 Å². The van der Waals surface area contributed by atoms with Gasteiger partial charge in [0.2, 0.25) is 5.76 Å². The van der Waals surface area contributed by atoms with Crippen molar-refractivity contribution in [2.45, 2.75) is 19.3 Å². The predicted molar refractivity (Wildman–Crippen MR) is 160 cm³/mol. The van der Waals surface area contributed by atoms with Crippen LogP contribution >= 0.6 is 0 Å². The van der Waals surface area contributed by atoms with E-state index in [9.17, 15) is 19.5 Å². The lowest BCUT2D eigenvalue weighted by Crippen LogP contribution is -2.59. The molecule has 2 aromatic carbocycles. The molecule has 2 amide bonds. The molecule has 0 aliphatic carbocycles. The van der Waals surface area contributed by atoms with Gasteiger partial charge in [-0.3, -0.25) is 9.59 Å². The van der Waals surface area contributed by atoms with Gasteiger partial charge in [-0.25, -0.2) is 9.78 Å². The molecule has 7 rings (SSSR count). The Bertz CT molecular complexity index is 1720. The first-order valence-corrected chi connectivity index (χ1v) is 14.4. The molecule has 0 unspecified atom stereocenters. The number of aromatic carboxylic acids is 1. The van der Waals surface area contributed by atoms with E-state index in [0.717, 1.165) is 44.7 Å². The van der Waals surface area contributed by atoms with Gasteiger partial charge in [-0.05, 0) is 73.9 Å². The standard InChI is InChI=1S/C33H30N4O6/c38-30(25-5-3-14-34-29(25)36-19-33(20-36)12-16-42-17-13-33)35-23-9-7-21(8-10-23)31(39)37-15-11-22-18-27(32(40)41)43-28(22)24-4-1-2-6-26(24)37/h1-10,14,18H,11-13,15-17,19-20H2,(H,35,38)(H,40,41). The summed E-state index contributed by atoms with van der Waals surface area (Å²) in [6, 6.07) is 19.2. The molecule has 2 N–H and O–H groups in total. The monoisotopic (exact) mass is 578 g/mol. The van der Waals surface area contributed by atoms with Crippen LogP contribution in [0.5, 0.6) is 0 Å². The average Bonchev–Trinajstić information content (AvgIpc) is 3.39. The Hall–Kier alpha value is -4.96. The molecule has 2 aromatic heterocycles. The maximum atomic E-state index is 13.7. The SMILES string of the molecule is O=C(O)c1cc2c(o1)-c1ccccc1N(C(=O)c1ccc(NC(=O)c3cccnc3N3CC4(CCOCC4)C3)cc1)CC2. The van der Waals surface area contributed by atoms with Gasteiger partial charge < -0.3 is 29.4 Å². The molecule has 2 saturated heterocycles. The summed E-state index contributed by atoms with van der Waals surface area (Å²) in [5.41, 5.74) is 3.84. The van der Waals surface area contributed by atoms with Gasteiger partial charge in [-0.2, -0.15) is 0 Å². The van der Waals surface area contributed by atoms with Gasteiger partial charge in [-0.15, -0.1) is 0 Å². The van der Waals surface area contributed by atoms with Crippen molar-refractivity contribution in [2.75, 3.05) is 48.0 Å². The number of ether oxygens (including phenoxy) is 1. The number of carboxylic acids is 1. The Morgan fingerprint density at radius 2 is 1.72 bits per heavy atom. The van der Waals surface area contributed by atoms with Crippen LogP contribution in [0.2, 0.25) is 0 Å². The molecular weight excluding hydrogens is 548 g/mol. The molecule has 10 heteroatoms. The van der Waals surface area contributed by atoms with Gasteiger partial charge in [-0.1, -0.05) is 12.1 Å². The van der Waals surface area contributed by atoms with Crippen molar-refractivity contribution in [1.29, 1.82) is 0 Å². The number of para-hydroxylation sites is 1. The van der Waals surface area contributed by atoms with Crippen LogP contribution in [-0.4, -0.2) is 60.7 Å². The zero-order valence-corrected chi connectivity index (χ0v) is 23.4. The van der Waals surface area contributed by atoms with E-state index in [1.54, 1.807) is 47.5 Å². The molecule has 1 spiro atoms. The number of hydrogen-bond donors (Lipinski definition) is 2. The first-order valence-electron chi connectivity index (χ1n) is 14.4. The quantitative estimate of drug-likeness (QED) is 0.335. The highest BCUT2D eigenvalue weighted by Gasteiger charge is 2.45. The number of fused-ring (bicyclic) bond motifs is 3. The first kappa shape index (κ1) is 26.9. The highest BCUT2D eigenvalue weighted by atomic mass is 16.5. The van der Waals surface area contributed by atoms with Crippen LogP contribution in [0.25, 0.3) is 11.3 Å². The number of benzene rings is 2. The van der Waals surface area contributed by atoms with E-state index < -0.39 is 5.97 Å². The number of carbonyl (C=O) groups excluding carboxylic acids is 2. The summed E-state index contributed by atoms with van der Waals surface area (Å²) in [5.74, 6) is -0.567. The van der Waals surface area contributed by atoms with Crippen LogP contribution in [0.3, 0.4) is 0 Å². The third kappa shape index (κ3) is 4.93. The number of aromatic nitrogens is 1. The predicted octanol–water partition coefficient (Wildman–Crippen LogP) is 5.11. The van der Waals surface area contributed by atoms with Crippen LogP contribution in [-0.2, 0) is 11.2 Å². The molecule has 0 saturated carbocycles. The number of furan rings is 1. The van der Waals surface area contributed by atoms with Crippen LogP contribution in [0.1, 0.15) is 49.7 Å². The zero-order chi connectivity index (χ0) is 29.6. The largest absolute Gasteiger partial charge is 0.475 e. The molecule has 10 nitrogen and oxygen atoms in total.